The number of hydrogen-bond donors (Lipinski definition) is 1. The van der Waals surface area contributed by atoms with Gasteiger partial charge >= 0.3 is 0 Å². The van der Waals surface area contributed by atoms with Crippen molar-refractivity contribution in [2.24, 2.45) is 0 Å². The van der Waals surface area contributed by atoms with E-state index in [1.54, 1.807) is 28.4 Å². The number of aromatic nitrogens is 2. The van der Waals surface area contributed by atoms with E-state index in [2.05, 4.69) is 58.1 Å². The minimum atomic E-state index is -0.0818. The van der Waals surface area contributed by atoms with Crippen molar-refractivity contribution >= 4 is 17.2 Å². The normalized spacial score (nSPS) is 12.3. The van der Waals surface area contributed by atoms with Gasteiger partial charge in [0.15, 0.2) is 0 Å². The lowest BCUT2D eigenvalue weighted by molar-refractivity contribution is 0.0935. The fourth-order valence-corrected chi connectivity index (χ4v) is 3.92. The first-order chi connectivity index (χ1) is 13.2. The number of benzene rings is 1. The second-order valence-corrected chi connectivity index (χ2v) is 7.20. The Morgan fingerprint density at radius 3 is 2.67 bits per heavy atom. The number of likely N-dealkylation sites (N-methyl/N-ethyl adjacent to an activating group) is 1. The van der Waals surface area contributed by atoms with Crippen molar-refractivity contribution < 1.29 is 4.79 Å². The molecular formula is C21H26N4OS. The third-order valence-electron chi connectivity index (χ3n) is 4.72. The molecule has 0 aliphatic rings. The van der Waals surface area contributed by atoms with Crippen LogP contribution in [0.25, 0.3) is 0 Å². The molecule has 0 spiro atoms. The van der Waals surface area contributed by atoms with Crippen molar-refractivity contribution in [3.8, 4) is 0 Å². The Bertz CT molecular complexity index is 825. The van der Waals surface area contributed by atoms with Crippen molar-refractivity contribution in [2.45, 2.75) is 26.4 Å². The molecule has 1 aromatic carbocycles. The van der Waals surface area contributed by atoms with Gasteiger partial charge in [0, 0.05) is 12.7 Å². The summed E-state index contributed by atoms with van der Waals surface area (Å²) in [6.07, 6.45) is 3.44. The first-order valence-corrected chi connectivity index (χ1v) is 10.3. The second-order valence-electron chi connectivity index (χ2n) is 6.42. The van der Waals surface area contributed by atoms with Gasteiger partial charge < -0.3 is 5.32 Å². The molecule has 0 unspecified atom stereocenters. The van der Waals surface area contributed by atoms with Gasteiger partial charge in [0.2, 0.25) is 0 Å². The van der Waals surface area contributed by atoms with Crippen LogP contribution in [0.1, 0.15) is 41.4 Å². The third-order valence-corrected chi connectivity index (χ3v) is 5.42. The smallest absolute Gasteiger partial charge is 0.254 e. The fourth-order valence-electron chi connectivity index (χ4n) is 3.22. The zero-order valence-corrected chi connectivity index (χ0v) is 16.7. The van der Waals surface area contributed by atoms with Crippen LogP contribution in [-0.2, 0) is 6.54 Å². The van der Waals surface area contributed by atoms with Gasteiger partial charge in [-0.25, -0.2) is 0 Å². The van der Waals surface area contributed by atoms with Crippen molar-refractivity contribution in [1.82, 2.24) is 20.0 Å². The zero-order chi connectivity index (χ0) is 19.1. The number of carbonyl (C=O) groups is 1. The van der Waals surface area contributed by atoms with Crippen LogP contribution in [0.15, 0.2) is 59.6 Å². The first-order valence-electron chi connectivity index (χ1n) is 9.32. The Kier molecular flexibility index (Phi) is 6.79. The number of hydrogen-bond acceptors (Lipinski definition) is 4. The predicted molar refractivity (Wildman–Crippen MR) is 110 cm³/mol. The maximum absolute atomic E-state index is 12.6. The van der Waals surface area contributed by atoms with Gasteiger partial charge in [-0.2, -0.15) is 16.4 Å². The van der Waals surface area contributed by atoms with Gasteiger partial charge in [0.25, 0.3) is 5.91 Å². The van der Waals surface area contributed by atoms with E-state index in [1.165, 1.54) is 5.56 Å². The van der Waals surface area contributed by atoms with Crippen LogP contribution < -0.4 is 5.32 Å². The van der Waals surface area contributed by atoms with Crippen LogP contribution in [0.4, 0.5) is 0 Å². The number of nitrogens with one attached hydrogen (secondary N) is 1. The van der Waals surface area contributed by atoms with Crippen LogP contribution >= 0.6 is 11.3 Å². The van der Waals surface area contributed by atoms with Crippen molar-refractivity contribution in [1.29, 1.82) is 0 Å². The molecule has 1 N–H and O–H groups in total. The molecule has 0 saturated heterocycles. The van der Waals surface area contributed by atoms with Crippen molar-refractivity contribution in [2.75, 3.05) is 19.6 Å². The molecule has 0 saturated carbocycles. The number of amides is 1. The van der Waals surface area contributed by atoms with Gasteiger partial charge in [-0.3, -0.25) is 14.4 Å². The van der Waals surface area contributed by atoms with Gasteiger partial charge in [0.05, 0.1) is 24.3 Å². The quantitative estimate of drug-likeness (QED) is 0.612. The molecule has 0 aliphatic carbocycles. The van der Waals surface area contributed by atoms with Gasteiger partial charge in [-0.15, -0.1) is 0 Å². The van der Waals surface area contributed by atoms with Crippen LogP contribution in [0.3, 0.4) is 0 Å². The van der Waals surface area contributed by atoms with E-state index < -0.39 is 0 Å². The lowest BCUT2D eigenvalue weighted by atomic mass is 10.1. The van der Waals surface area contributed by atoms with Gasteiger partial charge in [-0.05, 0) is 41.0 Å². The molecule has 27 heavy (non-hydrogen) atoms. The lowest BCUT2D eigenvalue weighted by Crippen LogP contribution is -2.37. The Morgan fingerprint density at radius 1 is 1.22 bits per heavy atom. The summed E-state index contributed by atoms with van der Waals surface area (Å²) < 4.78 is 1.80. The van der Waals surface area contributed by atoms with E-state index >= 15 is 0 Å². The fraction of sp³-hybridized carbons (Fsp3) is 0.333. The van der Waals surface area contributed by atoms with E-state index in [0.717, 1.165) is 18.7 Å². The Hall–Kier alpha value is -2.44. The van der Waals surface area contributed by atoms with E-state index in [4.69, 9.17) is 0 Å². The third kappa shape index (κ3) is 5.05. The molecule has 1 amide bonds. The molecule has 0 bridgehead atoms. The molecule has 0 aliphatic heterocycles. The van der Waals surface area contributed by atoms with Crippen molar-refractivity contribution in [3.63, 3.8) is 0 Å². The largest absolute Gasteiger partial charge is 0.350 e. The summed E-state index contributed by atoms with van der Waals surface area (Å²) in [5, 5.41) is 11.7. The predicted octanol–water partition coefficient (Wildman–Crippen LogP) is 3.81. The number of rotatable bonds is 9. The summed E-state index contributed by atoms with van der Waals surface area (Å²) in [4.78, 5) is 15.0. The Balaban J connectivity index is 1.62. The SMILES string of the molecule is CCN(CC)[C@H](CNC(=O)c1cnn(Cc2ccccc2)c1)c1ccsc1. The van der Waals surface area contributed by atoms with Crippen LogP contribution in [-0.4, -0.2) is 40.2 Å². The van der Waals surface area contributed by atoms with E-state index in [0.29, 0.717) is 18.7 Å². The average Bonchev–Trinajstić information content (AvgIpc) is 3.38. The molecule has 142 valence electrons. The summed E-state index contributed by atoms with van der Waals surface area (Å²) in [5.74, 6) is -0.0818. The Morgan fingerprint density at radius 2 is 2.00 bits per heavy atom. The van der Waals surface area contributed by atoms with Gasteiger partial charge in [0.1, 0.15) is 0 Å². The highest BCUT2D eigenvalue weighted by Crippen LogP contribution is 2.22. The van der Waals surface area contributed by atoms with E-state index in [1.807, 2.05) is 18.2 Å². The van der Waals surface area contributed by atoms with Crippen molar-refractivity contribution in [3.05, 3.63) is 76.2 Å². The highest BCUT2D eigenvalue weighted by atomic mass is 32.1. The topological polar surface area (TPSA) is 50.2 Å². The molecule has 6 heteroatoms. The zero-order valence-electron chi connectivity index (χ0n) is 15.8. The maximum atomic E-state index is 12.6. The molecule has 1 atom stereocenters. The summed E-state index contributed by atoms with van der Waals surface area (Å²) in [6.45, 7) is 7.44. The monoisotopic (exact) mass is 382 g/mol. The molecule has 3 aromatic rings. The summed E-state index contributed by atoms with van der Waals surface area (Å²) >= 11 is 1.69. The summed E-state index contributed by atoms with van der Waals surface area (Å²) in [5.41, 5.74) is 3.00. The first kappa shape index (κ1) is 19.3. The average molecular weight is 383 g/mol. The molecule has 0 fully saturated rings. The highest BCUT2D eigenvalue weighted by molar-refractivity contribution is 7.07. The highest BCUT2D eigenvalue weighted by Gasteiger charge is 2.20. The van der Waals surface area contributed by atoms with E-state index in [-0.39, 0.29) is 11.9 Å². The second kappa shape index (κ2) is 9.48. The van der Waals surface area contributed by atoms with E-state index in [9.17, 15) is 4.79 Å². The molecule has 0 radical (unpaired) electrons. The van der Waals surface area contributed by atoms with Crippen LogP contribution in [0.5, 0.6) is 0 Å². The number of thiophene rings is 1. The van der Waals surface area contributed by atoms with Gasteiger partial charge in [-0.1, -0.05) is 44.2 Å². The lowest BCUT2D eigenvalue weighted by Gasteiger charge is -2.29. The van der Waals surface area contributed by atoms with Crippen LogP contribution in [0.2, 0.25) is 0 Å². The number of nitrogens with zero attached hydrogens (tertiary/aromatic N) is 3. The molecular weight excluding hydrogens is 356 g/mol. The maximum Gasteiger partial charge on any atom is 0.254 e. The molecule has 2 heterocycles. The van der Waals surface area contributed by atoms with Crippen LogP contribution in [0, 0.1) is 0 Å². The standard InChI is InChI=1S/C21H26N4OS/c1-3-24(4-2)20(18-10-11-27-16-18)13-22-21(26)19-12-23-25(15-19)14-17-8-6-5-7-9-17/h5-12,15-16,20H,3-4,13-14H2,1-2H3,(H,22,26)/t20-/m1/s1. The molecule has 3 rings (SSSR count). The summed E-state index contributed by atoms with van der Waals surface area (Å²) in [7, 11) is 0. The number of carbonyl (C=O) groups excluding carboxylic acids is 1. The summed E-state index contributed by atoms with van der Waals surface area (Å²) in [6, 6.07) is 12.4. The molecule has 2 aromatic heterocycles. The minimum Gasteiger partial charge on any atom is -0.350 e. The minimum absolute atomic E-state index is 0.0818. The Labute approximate surface area is 164 Å². The molecule has 5 nitrogen and oxygen atoms in total.